The first kappa shape index (κ1) is 14.5. The summed E-state index contributed by atoms with van der Waals surface area (Å²) in [6.45, 7) is 4.05. The topological polar surface area (TPSA) is 70.1 Å². The van der Waals surface area contributed by atoms with Gasteiger partial charge in [-0.05, 0) is 31.5 Å². The van der Waals surface area contributed by atoms with Gasteiger partial charge in [0.05, 0.1) is 29.0 Å². The Kier molecular flexibility index (Phi) is 4.68. The number of hydrogen-bond donors (Lipinski definition) is 2. The van der Waals surface area contributed by atoms with Crippen molar-refractivity contribution in [1.82, 2.24) is 9.97 Å². The number of hydrogen-bond acceptors (Lipinski definition) is 3. The number of benzene rings is 1. The molecule has 1 aromatic carbocycles. The largest absolute Gasteiger partial charge is 0.347 e. The van der Waals surface area contributed by atoms with Crippen LogP contribution in [0.3, 0.4) is 0 Å². The van der Waals surface area contributed by atoms with Crippen LogP contribution < -0.4 is 5.32 Å². The van der Waals surface area contributed by atoms with E-state index in [4.69, 9.17) is 0 Å². The molecule has 2 rings (SSSR count). The molecular formula is C14H18N4OS. The van der Waals surface area contributed by atoms with Crippen LogP contribution in [0.1, 0.15) is 13.8 Å². The van der Waals surface area contributed by atoms with Crippen LogP contribution in [-0.2, 0) is 10.8 Å². The summed E-state index contributed by atoms with van der Waals surface area (Å²) in [6.07, 6.45) is 5.00. The van der Waals surface area contributed by atoms with Gasteiger partial charge in [-0.2, -0.15) is 0 Å². The molecule has 0 radical (unpaired) electrons. The standard InChI is InChI=1S/C14H18N4OS/c1-10(2)16-9-17-12-6-4-11(5-7-12)13-8-15-14(18-13)20(3)19/h4-10H,1-3H3,(H,15,18)(H,16,17). The summed E-state index contributed by atoms with van der Waals surface area (Å²) in [4.78, 5) is 11.4. The Morgan fingerprint density at radius 2 is 2.05 bits per heavy atom. The highest BCUT2D eigenvalue weighted by molar-refractivity contribution is 7.84. The van der Waals surface area contributed by atoms with Crippen LogP contribution in [0.2, 0.25) is 0 Å². The van der Waals surface area contributed by atoms with E-state index >= 15 is 0 Å². The highest BCUT2D eigenvalue weighted by atomic mass is 32.2. The summed E-state index contributed by atoms with van der Waals surface area (Å²) in [5, 5.41) is 3.60. The predicted molar refractivity (Wildman–Crippen MR) is 83.6 cm³/mol. The molecule has 0 aliphatic heterocycles. The number of aliphatic imine (C=N–C) groups is 1. The Morgan fingerprint density at radius 1 is 1.35 bits per heavy atom. The molecule has 2 N–H and O–H groups in total. The second-order valence-electron chi connectivity index (χ2n) is 4.65. The Morgan fingerprint density at radius 3 is 2.60 bits per heavy atom. The molecule has 0 fully saturated rings. The SMILES string of the molecule is CC(C)N=CNc1ccc(-c2cnc(S(C)=O)[nH]2)cc1. The second kappa shape index (κ2) is 6.47. The lowest BCUT2D eigenvalue weighted by molar-refractivity contribution is 0.681. The summed E-state index contributed by atoms with van der Waals surface area (Å²) < 4.78 is 11.3. The molecule has 2 aromatic rings. The number of rotatable bonds is 5. The zero-order chi connectivity index (χ0) is 14.5. The Bertz CT molecular complexity index is 616. The fraction of sp³-hybridized carbons (Fsp3) is 0.286. The minimum atomic E-state index is -1.09. The van der Waals surface area contributed by atoms with Gasteiger partial charge in [0.25, 0.3) is 0 Å². The minimum absolute atomic E-state index is 0.278. The summed E-state index contributed by atoms with van der Waals surface area (Å²) in [5.74, 6) is 0. The van der Waals surface area contributed by atoms with Gasteiger partial charge in [-0.1, -0.05) is 12.1 Å². The van der Waals surface area contributed by atoms with E-state index in [1.165, 1.54) is 0 Å². The van der Waals surface area contributed by atoms with Crippen molar-refractivity contribution in [2.75, 3.05) is 11.6 Å². The molecule has 5 nitrogen and oxygen atoms in total. The van der Waals surface area contributed by atoms with Crippen LogP contribution in [0.25, 0.3) is 11.3 Å². The maximum atomic E-state index is 11.3. The van der Waals surface area contributed by atoms with Crippen LogP contribution in [0, 0.1) is 0 Å². The smallest absolute Gasteiger partial charge is 0.196 e. The van der Waals surface area contributed by atoms with E-state index in [1.54, 1.807) is 18.8 Å². The van der Waals surface area contributed by atoms with Crippen molar-refractivity contribution < 1.29 is 4.21 Å². The third-order valence-electron chi connectivity index (χ3n) is 2.62. The summed E-state index contributed by atoms with van der Waals surface area (Å²) in [6, 6.07) is 8.15. The third kappa shape index (κ3) is 3.77. The number of imidazole rings is 1. The average molecular weight is 290 g/mol. The summed E-state index contributed by atoms with van der Waals surface area (Å²) in [7, 11) is -1.09. The van der Waals surface area contributed by atoms with Gasteiger partial charge in [0.2, 0.25) is 0 Å². The van der Waals surface area contributed by atoms with Gasteiger partial charge in [-0.3, -0.25) is 9.20 Å². The van der Waals surface area contributed by atoms with Crippen molar-refractivity contribution in [3.8, 4) is 11.3 Å². The van der Waals surface area contributed by atoms with Crippen LogP contribution >= 0.6 is 0 Å². The maximum absolute atomic E-state index is 11.3. The number of aromatic amines is 1. The lowest BCUT2D eigenvalue weighted by Crippen LogP contribution is -1.98. The van der Waals surface area contributed by atoms with Crippen molar-refractivity contribution in [3.05, 3.63) is 30.5 Å². The normalized spacial score (nSPS) is 13.0. The highest BCUT2D eigenvalue weighted by Crippen LogP contribution is 2.20. The van der Waals surface area contributed by atoms with Crippen molar-refractivity contribution in [2.45, 2.75) is 25.0 Å². The maximum Gasteiger partial charge on any atom is 0.196 e. The average Bonchev–Trinajstić information content (AvgIpc) is 2.89. The number of nitrogens with one attached hydrogen (secondary N) is 2. The number of nitrogens with zero attached hydrogens (tertiary/aromatic N) is 2. The zero-order valence-electron chi connectivity index (χ0n) is 11.8. The van der Waals surface area contributed by atoms with Gasteiger partial charge in [0.1, 0.15) is 0 Å². The molecule has 1 unspecified atom stereocenters. The van der Waals surface area contributed by atoms with Crippen molar-refractivity contribution in [2.24, 2.45) is 4.99 Å². The highest BCUT2D eigenvalue weighted by Gasteiger charge is 2.05. The van der Waals surface area contributed by atoms with Crippen LogP contribution in [-0.4, -0.2) is 32.8 Å². The summed E-state index contributed by atoms with van der Waals surface area (Å²) >= 11 is 0. The fourth-order valence-corrected chi connectivity index (χ4v) is 2.06. The molecule has 0 saturated carbocycles. The van der Waals surface area contributed by atoms with Gasteiger partial charge in [0, 0.05) is 18.0 Å². The van der Waals surface area contributed by atoms with E-state index in [0.29, 0.717) is 5.16 Å². The predicted octanol–water partition coefficient (Wildman–Crippen LogP) is 2.66. The number of aromatic nitrogens is 2. The Labute approximate surface area is 121 Å². The van der Waals surface area contributed by atoms with Crippen LogP contribution in [0.4, 0.5) is 5.69 Å². The first-order chi connectivity index (χ1) is 9.56. The number of anilines is 1. The molecule has 20 heavy (non-hydrogen) atoms. The van der Waals surface area contributed by atoms with E-state index in [9.17, 15) is 4.21 Å². The van der Waals surface area contributed by atoms with Gasteiger partial charge in [0.15, 0.2) is 5.16 Å². The van der Waals surface area contributed by atoms with E-state index in [2.05, 4.69) is 20.3 Å². The molecule has 106 valence electrons. The van der Waals surface area contributed by atoms with Crippen LogP contribution in [0.15, 0.2) is 40.6 Å². The molecule has 1 heterocycles. The third-order valence-corrected chi connectivity index (χ3v) is 3.38. The monoisotopic (exact) mass is 290 g/mol. The van der Waals surface area contributed by atoms with E-state index < -0.39 is 10.8 Å². The molecule has 0 aliphatic carbocycles. The minimum Gasteiger partial charge on any atom is -0.347 e. The van der Waals surface area contributed by atoms with Gasteiger partial charge >= 0.3 is 0 Å². The van der Waals surface area contributed by atoms with Crippen LogP contribution in [0.5, 0.6) is 0 Å². The fourth-order valence-electron chi connectivity index (χ4n) is 1.60. The lowest BCUT2D eigenvalue weighted by Gasteiger charge is -2.03. The van der Waals surface area contributed by atoms with Gasteiger partial charge in [-0.25, -0.2) is 4.98 Å². The van der Waals surface area contributed by atoms with E-state index in [1.807, 2.05) is 38.1 Å². The molecule has 0 bridgehead atoms. The molecule has 1 aromatic heterocycles. The zero-order valence-corrected chi connectivity index (χ0v) is 12.6. The first-order valence-corrected chi connectivity index (χ1v) is 7.89. The second-order valence-corrected chi connectivity index (χ2v) is 5.94. The molecule has 0 amide bonds. The molecule has 0 saturated heterocycles. The molecule has 1 atom stereocenters. The Balaban J connectivity index is 2.09. The van der Waals surface area contributed by atoms with Gasteiger partial charge < -0.3 is 10.3 Å². The quantitative estimate of drug-likeness (QED) is 0.657. The number of H-pyrrole nitrogens is 1. The molecular weight excluding hydrogens is 272 g/mol. The van der Waals surface area contributed by atoms with E-state index in [0.717, 1.165) is 16.9 Å². The molecule has 0 aliphatic rings. The van der Waals surface area contributed by atoms with Crippen molar-refractivity contribution >= 4 is 22.8 Å². The molecule has 6 heteroatoms. The Hall–Kier alpha value is -1.95. The lowest BCUT2D eigenvalue weighted by atomic mass is 10.1. The first-order valence-electron chi connectivity index (χ1n) is 6.33. The van der Waals surface area contributed by atoms with Crippen molar-refractivity contribution in [1.29, 1.82) is 0 Å². The molecule has 0 spiro atoms. The summed E-state index contributed by atoms with van der Waals surface area (Å²) in [5.41, 5.74) is 2.83. The van der Waals surface area contributed by atoms with Crippen molar-refractivity contribution in [3.63, 3.8) is 0 Å². The van der Waals surface area contributed by atoms with E-state index in [-0.39, 0.29) is 6.04 Å². The van der Waals surface area contributed by atoms with Gasteiger partial charge in [-0.15, -0.1) is 0 Å².